The predicted octanol–water partition coefficient (Wildman–Crippen LogP) is 2.02. The Bertz CT molecular complexity index is 3330. The van der Waals surface area contributed by atoms with Gasteiger partial charge in [0.05, 0.1) is 123 Å². The number of carboxylic acids is 3. The van der Waals surface area contributed by atoms with Crippen molar-refractivity contribution in [3.05, 3.63) is 75.9 Å². The molecular formula is C60H80Cl2N10O20S. The summed E-state index contributed by atoms with van der Waals surface area (Å²) < 4.78 is 75.3. The van der Waals surface area contributed by atoms with Gasteiger partial charge in [-0.15, -0.1) is 0 Å². The van der Waals surface area contributed by atoms with Crippen LogP contribution >= 0.6 is 23.2 Å². The number of ether oxygens (including phenoxy) is 7. The van der Waals surface area contributed by atoms with Crippen LogP contribution < -0.4 is 25.4 Å². The topological polar surface area (TPSA) is 369 Å². The molecule has 3 aliphatic rings. The Labute approximate surface area is 547 Å². The standard InChI is InChI=1S/C60H80Cl2N10O20S/c1-60(2)39-91-20-17-71(60)59(82)56-47-37-92-50-32-49(86-3)45(31-46(50)57(47)72(66-56)44-29-41(61)28-42(62)30-44)40-5-4-6-43(27-40)64-51(73)7-18-87-21-23-89-25-26-90-24-22-88-19-8-63-58(81)48(38-93(83,84)85)65-52(74)33-67-9-11-68(34-53(75)76)13-15-70(36-55(79)80)16-14-69(12-10-67)35-54(77)78/h4-6,27-32,48H,7-26,33-39H2,1-3H3,(H,63,81)(H,64,73)(H,65,74)(H,75,76)(H,77,78)(H,79,80)(H,83,84,85)/t48-/m0/s1. The minimum atomic E-state index is -4.78. The second-order valence-electron chi connectivity index (χ2n) is 22.6. The van der Waals surface area contributed by atoms with Crippen LogP contribution in [0.15, 0.2) is 54.6 Å². The number of hydrogen-bond acceptors (Lipinski definition) is 21. The van der Waals surface area contributed by atoms with Crippen molar-refractivity contribution in [2.45, 2.75) is 38.5 Å². The number of halogens is 2. The van der Waals surface area contributed by atoms with Crippen molar-refractivity contribution in [3.63, 3.8) is 0 Å². The maximum atomic E-state index is 14.4. The number of anilines is 1. The number of nitrogens with one attached hydrogen (secondary N) is 3. The second kappa shape index (κ2) is 35.4. The number of amides is 4. The Hall–Kier alpha value is -7.11. The van der Waals surface area contributed by atoms with Gasteiger partial charge >= 0.3 is 17.9 Å². The number of carboxylic acid groups (broad SMARTS) is 3. The van der Waals surface area contributed by atoms with Crippen LogP contribution in [0.1, 0.15) is 36.3 Å². The van der Waals surface area contributed by atoms with Crippen molar-refractivity contribution in [2.75, 3.05) is 176 Å². The number of fused-ring (bicyclic) bond motifs is 3. The van der Waals surface area contributed by atoms with E-state index in [0.717, 1.165) is 0 Å². The summed E-state index contributed by atoms with van der Waals surface area (Å²) in [5.74, 6) is -5.81. The first-order valence-corrected chi connectivity index (χ1v) is 32.3. The number of benzene rings is 3. The zero-order valence-electron chi connectivity index (χ0n) is 52.0. The van der Waals surface area contributed by atoms with Crippen LogP contribution in [0, 0.1) is 0 Å². The molecule has 3 aliphatic heterocycles. The number of carbonyl (C=O) groups is 7. The fourth-order valence-corrected chi connectivity index (χ4v) is 11.7. The van der Waals surface area contributed by atoms with Gasteiger partial charge in [-0.2, -0.15) is 13.5 Å². The van der Waals surface area contributed by atoms with Gasteiger partial charge in [-0.05, 0) is 55.8 Å². The number of nitrogens with zero attached hydrogens (tertiary/aromatic N) is 7. The van der Waals surface area contributed by atoms with Crippen molar-refractivity contribution in [2.24, 2.45) is 0 Å². The zero-order chi connectivity index (χ0) is 67.2. The molecule has 0 spiro atoms. The van der Waals surface area contributed by atoms with Gasteiger partial charge in [0.1, 0.15) is 29.9 Å². The Morgan fingerprint density at radius 2 is 1.24 bits per heavy atom. The van der Waals surface area contributed by atoms with Gasteiger partial charge in [-0.3, -0.25) is 57.7 Å². The summed E-state index contributed by atoms with van der Waals surface area (Å²) >= 11 is 13.0. The van der Waals surface area contributed by atoms with Crippen LogP contribution in [0.5, 0.6) is 11.5 Å². The summed E-state index contributed by atoms with van der Waals surface area (Å²) in [6.07, 6.45) is 0.0556. The number of hydrogen-bond donors (Lipinski definition) is 7. The highest BCUT2D eigenvalue weighted by atomic mass is 35.5. The summed E-state index contributed by atoms with van der Waals surface area (Å²) in [6.45, 7) is 5.73. The molecule has 1 atom stereocenters. The normalized spacial score (nSPS) is 16.3. The van der Waals surface area contributed by atoms with Crippen LogP contribution in [0.25, 0.3) is 28.1 Å². The lowest BCUT2D eigenvalue weighted by atomic mass is 9.95. The minimum Gasteiger partial charge on any atom is -0.496 e. The molecule has 4 amide bonds. The van der Waals surface area contributed by atoms with E-state index in [1.54, 1.807) is 66.6 Å². The molecule has 7 N–H and O–H groups in total. The van der Waals surface area contributed by atoms with Gasteiger partial charge in [0.2, 0.25) is 17.7 Å². The number of morpholine rings is 1. The molecule has 0 bridgehead atoms. The molecule has 2 saturated heterocycles. The summed E-state index contributed by atoms with van der Waals surface area (Å²) in [4.78, 5) is 96.8. The molecule has 0 aliphatic carbocycles. The van der Waals surface area contributed by atoms with Gasteiger partial charge in [0.15, 0.2) is 5.69 Å². The van der Waals surface area contributed by atoms with E-state index in [1.165, 1.54) is 0 Å². The summed E-state index contributed by atoms with van der Waals surface area (Å²) in [7, 11) is -3.23. The Balaban J connectivity index is 0.804. The molecule has 7 rings (SSSR count). The number of methoxy groups -OCH3 is 1. The molecule has 0 radical (unpaired) electrons. The van der Waals surface area contributed by atoms with E-state index in [0.29, 0.717) is 80.6 Å². The van der Waals surface area contributed by atoms with Crippen LogP contribution in [-0.2, 0) is 69.2 Å². The summed E-state index contributed by atoms with van der Waals surface area (Å²) in [5.41, 5.74) is 3.93. The number of carbonyl (C=O) groups excluding carboxylic acids is 4. The molecule has 3 aromatic carbocycles. The molecule has 0 saturated carbocycles. The smallest absolute Gasteiger partial charge is 0.317 e. The maximum absolute atomic E-state index is 14.4. The first-order valence-electron chi connectivity index (χ1n) is 30.0. The molecule has 30 nitrogen and oxygen atoms in total. The lowest BCUT2D eigenvalue weighted by Crippen LogP contribution is -2.55. The average Bonchev–Trinajstić information content (AvgIpc) is 1.65. The van der Waals surface area contributed by atoms with Gasteiger partial charge in [0.25, 0.3) is 16.0 Å². The van der Waals surface area contributed by atoms with E-state index in [-0.39, 0.29) is 162 Å². The molecule has 4 aromatic rings. The molecule has 93 heavy (non-hydrogen) atoms. The molecular weight excluding hydrogens is 1280 g/mol. The van der Waals surface area contributed by atoms with Gasteiger partial charge in [0, 0.05) is 104 Å². The Morgan fingerprint density at radius 1 is 0.688 bits per heavy atom. The van der Waals surface area contributed by atoms with Gasteiger partial charge in [-0.25, -0.2) is 4.68 Å². The summed E-state index contributed by atoms with van der Waals surface area (Å²) in [5, 5.41) is 41.8. The second-order valence-corrected chi connectivity index (χ2v) is 25.0. The highest BCUT2D eigenvalue weighted by molar-refractivity contribution is 7.85. The van der Waals surface area contributed by atoms with Crippen molar-refractivity contribution >= 4 is 80.5 Å². The fourth-order valence-electron chi connectivity index (χ4n) is 10.6. The molecule has 4 heterocycles. The van der Waals surface area contributed by atoms with Crippen LogP contribution in [0.4, 0.5) is 5.69 Å². The van der Waals surface area contributed by atoms with Crippen molar-refractivity contribution < 1.29 is 95.0 Å². The van der Waals surface area contributed by atoms with Crippen LogP contribution in [0.3, 0.4) is 0 Å². The molecule has 510 valence electrons. The SMILES string of the molecule is COc1cc2c(cc1-c1cccc(NC(=O)CCOCCOCCOCCOCCNC(=O)[C@H](CS(=O)(=O)O)NC(=O)CN3CCN(CC(=O)O)CCN(CC(=O)O)CCN(CC(=O)O)CC3)c1)-c1c(c(C(=O)N3CCOCC3(C)C)nn1-c1cc(Cl)cc(Cl)c1)CO2. The van der Waals surface area contributed by atoms with E-state index < -0.39 is 63.7 Å². The first-order chi connectivity index (χ1) is 44.4. The highest BCUT2D eigenvalue weighted by Gasteiger charge is 2.40. The van der Waals surface area contributed by atoms with E-state index in [2.05, 4.69) is 16.0 Å². The Kier molecular flexibility index (Phi) is 27.9. The molecule has 1 aromatic heterocycles. The lowest BCUT2D eigenvalue weighted by molar-refractivity contribution is -0.140. The maximum Gasteiger partial charge on any atom is 0.317 e. The van der Waals surface area contributed by atoms with Gasteiger partial charge in [-0.1, -0.05) is 35.3 Å². The number of rotatable bonds is 32. The third-order valence-electron chi connectivity index (χ3n) is 15.1. The lowest BCUT2D eigenvalue weighted by Gasteiger charge is -2.41. The predicted molar refractivity (Wildman–Crippen MR) is 338 cm³/mol. The largest absolute Gasteiger partial charge is 0.496 e. The van der Waals surface area contributed by atoms with Crippen LogP contribution in [0.2, 0.25) is 10.0 Å². The van der Waals surface area contributed by atoms with Gasteiger partial charge < -0.3 is 69.3 Å². The number of aliphatic carboxylic acids is 3. The first kappa shape index (κ1) is 73.3. The van der Waals surface area contributed by atoms with E-state index >= 15 is 0 Å². The van der Waals surface area contributed by atoms with E-state index in [4.69, 9.17) is 61.5 Å². The van der Waals surface area contributed by atoms with Crippen molar-refractivity contribution in [3.8, 4) is 39.6 Å². The monoisotopic (exact) mass is 1360 g/mol. The zero-order valence-corrected chi connectivity index (χ0v) is 54.3. The summed E-state index contributed by atoms with van der Waals surface area (Å²) in [6, 6.07) is 14.3. The average molecular weight is 1360 g/mol. The molecule has 2 fully saturated rings. The van der Waals surface area contributed by atoms with Crippen molar-refractivity contribution in [1.82, 2.24) is 44.9 Å². The fraction of sp³-hybridized carbons (Fsp3) is 0.533. The quantitative estimate of drug-likeness (QED) is 0.0272. The van der Waals surface area contributed by atoms with Crippen molar-refractivity contribution in [1.29, 1.82) is 0 Å². The molecule has 33 heteroatoms. The van der Waals surface area contributed by atoms with E-state index in [9.17, 15) is 61.9 Å². The third-order valence-corrected chi connectivity index (χ3v) is 16.3. The van der Waals surface area contributed by atoms with Crippen LogP contribution in [-0.4, -0.2) is 286 Å². The number of aromatic nitrogens is 2. The van der Waals surface area contributed by atoms with E-state index in [1.807, 2.05) is 38.1 Å². The Morgan fingerprint density at radius 3 is 1.77 bits per heavy atom. The minimum absolute atomic E-state index is 0.0252. The third kappa shape index (κ3) is 23.1. The highest BCUT2D eigenvalue weighted by Crippen LogP contribution is 2.47. The molecule has 0 unspecified atom stereocenters.